The van der Waals surface area contributed by atoms with Gasteiger partial charge < -0.3 is 5.11 Å². The molecule has 0 aliphatic rings. The molecule has 0 amide bonds. The van der Waals surface area contributed by atoms with E-state index in [1.54, 1.807) is 6.07 Å². The minimum Gasteiger partial charge on any atom is -0.508 e. The van der Waals surface area contributed by atoms with E-state index in [1.165, 1.54) is 26.0 Å². The molecule has 1 aromatic carbocycles. The molecule has 1 unspecified atom stereocenters. The first-order chi connectivity index (χ1) is 6.50. The van der Waals surface area contributed by atoms with Gasteiger partial charge in [-0.05, 0) is 31.5 Å². The van der Waals surface area contributed by atoms with Crippen molar-refractivity contribution in [2.75, 3.05) is 0 Å². The van der Waals surface area contributed by atoms with E-state index in [-0.39, 0.29) is 23.5 Å². The minimum absolute atomic E-state index is 0.0214. The lowest BCUT2D eigenvalue weighted by Crippen LogP contribution is -1.97. The van der Waals surface area contributed by atoms with Gasteiger partial charge in [0.1, 0.15) is 17.7 Å². The van der Waals surface area contributed by atoms with E-state index >= 15 is 0 Å². The van der Waals surface area contributed by atoms with Gasteiger partial charge in [0.25, 0.3) is 0 Å². The molecule has 0 aliphatic heterocycles. The van der Waals surface area contributed by atoms with E-state index in [4.69, 9.17) is 0 Å². The van der Waals surface area contributed by atoms with Crippen LogP contribution in [0.4, 0.5) is 4.39 Å². The molecule has 1 rings (SSSR count). The lowest BCUT2D eigenvalue weighted by molar-refractivity contribution is -0.116. The first kappa shape index (κ1) is 10.7. The quantitative estimate of drug-likeness (QED) is 0.806. The first-order valence-electron chi connectivity index (χ1n) is 4.46. The van der Waals surface area contributed by atoms with Crippen LogP contribution in [-0.2, 0) is 11.2 Å². The Morgan fingerprint density at radius 2 is 2.21 bits per heavy atom. The smallest absolute Gasteiger partial charge is 0.134 e. The van der Waals surface area contributed by atoms with E-state index in [1.807, 2.05) is 0 Å². The molecule has 0 saturated heterocycles. The standard InChI is InChI=1S/C11H13FO2/c1-7(13)5-9-3-4-11(14)10(6-9)8(2)12/h3-4,6,8,14H,5H2,1-2H3. The number of Topliss-reactive ketones (excluding diaryl/α,β-unsaturated/α-hetero) is 1. The third-order valence-electron chi connectivity index (χ3n) is 1.97. The van der Waals surface area contributed by atoms with Gasteiger partial charge in [0.05, 0.1) is 0 Å². The normalized spacial score (nSPS) is 12.5. The second-order valence-electron chi connectivity index (χ2n) is 3.39. The topological polar surface area (TPSA) is 37.3 Å². The van der Waals surface area contributed by atoms with E-state index in [2.05, 4.69) is 0 Å². The highest BCUT2D eigenvalue weighted by atomic mass is 19.1. The molecule has 0 spiro atoms. The number of ketones is 1. The van der Waals surface area contributed by atoms with Crippen LogP contribution in [0.2, 0.25) is 0 Å². The first-order valence-corrected chi connectivity index (χ1v) is 4.46. The number of alkyl halides is 1. The van der Waals surface area contributed by atoms with Crippen molar-refractivity contribution in [1.82, 2.24) is 0 Å². The zero-order chi connectivity index (χ0) is 10.7. The Kier molecular flexibility index (Phi) is 3.23. The van der Waals surface area contributed by atoms with E-state index in [0.717, 1.165) is 5.56 Å². The highest BCUT2D eigenvalue weighted by Crippen LogP contribution is 2.27. The largest absolute Gasteiger partial charge is 0.508 e. The van der Waals surface area contributed by atoms with Crippen LogP contribution >= 0.6 is 0 Å². The second kappa shape index (κ2) is 4.22. The molecular weight excluding hydrogens is 183 g/mol. The van der Waals surface area contributed by atoms with Gasteiger partial charge in [-0.25, -0.2) is 4.39 Å². The molecule has 0 aliphatic carbocycles. The molecular formula is C11H13FO2. The van der Waals surface area contributed by atoms with Crippen molar-refractivity contribution in [3.63, 3.8) is 0 Å². The van der Waals surface area contributed by atoms with Crippen LogP contribution in [0.5, 0.6) is 5.75 Å². The molecule has 3 heteroatoms. The van der Waals surface area contributed by atoms with Crippen molar-refractivity contribution in [2.24, 2.45) is 0 Å². The Balaban J connectivity index is 3.00. The van der Waals surface area contributed by atoms with Gasteiger partial charge in [0.2, 0.25) is 0 Å². The van der Waals surface area contributed by atoms with Crippen molar-refractivity contribution in [1.29, 1.82) is 0 Å². The number of phenols is 1. The maximum atomic E-state index is 13.0. The summed E-state index contributed by atoms with van der Waals surface area (Å²) >= 11 is 0. The van der Waals surface area contributed by atoms with Crippen LogP contribution in [0.25, 0.3) is 0 Å². The monoisotopic (exact) mass is 196 g/mol. The summed E-state index contributed by atoms with van der Waals surface area (Å²) in [6.07, 6.45) is -0.943. The number of benzene rings is 1. The Morgan fingerprint density at radius 1 is 1.57 bits per heavy atom. The molecule has 0 bridgehead atoms. The lowest BCUT2D eigenvalue weighted by atomic mass is 10.0. The summed E-state index contributed by atoms with van der Waals surface area (Å²) in [5, 5.41) is 9.31. The Morgan fingerprint density at radius 3 is 2.71 bits per heavy atom. The third-order valence-corrected chi connectivity index (χ3v) is 1.97. The fourth-order valence-electron chi connectivity index (χ4n) is 1.32. The number of rotatable bonds is 3. The predicted octanol–water partition coefficient (Wildman–Crippen LogP) is 2.55. The average Bonchev–Trinajstić information content (AvgIpc) is 2.07. The SMILES string of the molecule is CC(=O)Cc1ccc(O)c(C(C)F)c1. The van der Waals surface area contributed by atoms with E-state index < -0.39 is 6.17 Å². The number of halogens is 1. The number of aromatic hydroxyl groups is 1. The molecule has 0 radical (unpaired) electrons. The lowest BCUT2D eigenvalue weighted by Gasteiger charge is -2.07. The molecule has 0 aromatic heterocycles. The summed E-state index contributed by atoms with van der Waals surface area (Å²) in [6.45, 7) is 2.83. The number of phenolic OH excluding ortho intramolecular Hbond substituents is 1. The second-order valence-corrected chi connectivity index (χ2v) is 3.39. The molecule has 1 atom stereocenters. The van der Waals surface area contributed by atoms with Gasteiger partial charge in [0.15, 0.2) is 0 Å². The molecule has 1 N–H and O–H groups in total. The maximum absolute atomic E-state index is 13.0. The summed E-state index contributed by atoms with van der Waals surface area (Å²) in [7, 11) is 0. The zero-order valence-electron chi connectivity index (χ0n) is 8.25. The van der Waals surface area contributed by atoms with Gasteiger partial charge >= 0.3 is 0 Å². The van der Waals surface area contributed by atoms with Crippen molar-refractivity contribution in [2.45, 2.75) is 26.4 Å². The number of carbonyl (C=O) groups is 1. The molecule has 14 heavy (non-hydrogen) atoms. The molecule has 2 nitrogen and oxygen atoms in total. The van der Waals surface area contributed by atoms with Gasteiger partial charge in [-0.2, -0.15) is 0 Å². The van der Waals surface area contributed by atoms with Crippen LogP contribution in [0.1, 0.15) is 31.1 Å². The summed E-state index contributed by atoms with van der Waals surface area (Å²) in [5.74, 6) is -0.0412. The Bertz CT molecular complexity index is 345. The van der Waals surface area contributed by atoms with Crippen LogP contribution in [-0.4, -0.2) is 10.9 Å². The maximum Gasteiger partial charge on any atom is 0.134 e. The molecule has 0 saturated carbocycles. The summed E-state index contributed by atoms with van der Waals surface area (Å²) < 4.78 is 13.0. The van der Waals surface area contributed by atoms with E-state index in [9.17, 15) is 14.3 Å². The highest BCUT2D eigenvalue weighted by Gasteiger charge is 2.10. The Labute approximate surface area is 82.4 Å². The summed E-state index contributed by atoms with van der Waals surface area (Å²) in [6, 6.07) is 4.58. The summed E-state index contributed by atoms with van der Waals surface area (Å²) in [5.41, 5.74) is 0.971. The molecule has 76 valence electrons. The third kappa shape index (κ3) is 2.55. The molecule has 0 fully saturated rings. The summed E-state index contributed by atoms with van der Waals surface area (Å²) in [4.78, 5) is 10.8. The Hall–Kier alpha value is -1.38. The van der Waals surface area contributed by atoms with Crippen molar-refractivity contribution < 1.29 is 14.3 Å². The van der Waals surface area contributed by atoms with E-state index in [0.29, 0.717) is 0 Å². The predicted molar refractivity (Wildman–Crippen MR) is 52.0 cm³/mol. The average molecular weight is 196 g/mol. The highest BCUT2D eigenvalue weighted by molar-refractivity contribution is 5.78. The van der Waals surface area contributed by atoms with Crippen molar-refractivity contribution >= 4 is 5.78 Å². The van der Waals surface area contributed by atoms with Crippen LogP contribution in [0.15, 0.2) is 18.2 Å². The van der Waals surface area contributed by atoms with Gasteiger partial charge in [-0.15, -0.1) is 0 Å². The van der Waals surface area contributed by atoms with Gasteiger partial charge in [-0.1, -0.05) is 6.07 Å². The van der Waals surface area contributed by atoms with Crippen LogP contribution in [0, 0.1) is 0 Å². The van der Waals surface area contributed by atoms with Crippen LogP contribution < -0.4 is 0 Å². The fourth-order valence-corrected chi connectivity index (χ4v) is 1.32. The number of hydrogen-bond acceptors (Lipinski definition) is 2. The van der Waals surface area contributed by atoms with Gasteiger partial charge in [-0.3, -0.25) is 4.79 Å². The zero-order valence-corrected chi connectivity index (χ0v) is 8.25. The van der Waals surface area contributed by atoms with Gasteiger partial charge in [0, 0.05) is 12.0 Å². The van der Waals surface area contributed by atoms with Crippen molar-refractivity contribution in [3.8, 4) is 5.75 Å². The van der Waals surface area contributed by atoms with Crippen molar-refractivity contribution in [3.05, 3.63) is 29.3 Å². The number of hydrogen-bond donors (Lipinski definition) is 1. The fraction of sp³-hybridized carbons (Fsp3) is 0.364. The van der Waals surface area contributed by atoms with Crippen LogP contribution in [0.3, 0.4) is 0 Å². The minimum atomic E-state index is -1.22. The molecule has 1 aromatic rings. The molecule has 0 heterocycles. The number of carbonyl (C=O) groups excluding carboxylic acids is 1.